The van der Waals surface area contributed by atoms with Gasteiger partial charge in [-0.15, -0.1) is 0 Å². The fourth-order valence-electron chi connectivity index (χ4n) is 3.43. The number of hydrogen-bond acceptors (Lipinski definition) is 7. The molecule has 0 radical (unpaired) electrons. The first kappa shape index (κ1) is 21.7. The van der Waals surface area contributed by atoms with Gasteiger partial charge in [-0.1, -0.05) is 0 Å². The lowest BCUT2D eigenvalue weighted by atomic mass is 10.1. The molecule has 1 heterocycles. The van der Waals surface area contributed by atoms with E-state index in [9.17, 15) is 8.42 Å². The molecule has 0 unspecified atom stereocenters. The van der Waals surface area contributed by atoms with Crippen LogP contribution in [0.15, 0.2) is 52.4 Å². The van der Waals surface area contributed by atoms with Gasteiger partial charge in [0.25, 0.3) is 0 Å². The van der Waals surface area contributed by atoms with Crippen LogP contribution in [0.1, 0.15) is 13.8 Å². The van der Waals surface area contributed by atoms with E-state index < -0.39 is 9.84 Å². The SMILES string of the molecule is CCN(CC)c1c(S(=O)(=O)c2ccc(OC)cc2)cnc2cc(OC)c(OC)cc12. The molecule has 0 aliphatic carbocycles. The lowest BCUT2D eigenvalue weighted by Crippen LogP contribution is -2.24. The van der Waals surface area contributed by atoms with Gasteiger partial charge in [0, 0.05) is 30.7 Å². The van der Waals surface area contributed by atoms with Gasteiger partial charge in [0.15, 0.2) is 11.5 Å². The van der Waals surface area contributed by atoms with Gasteiger partial charge in [0.1, 0.15) is 10.6 Å². The third kappa shape index (κ3) is 3.75. The van der Waals surface area contributed by atoms with Gasteiger partial charge in [0.05, 0.1) is 37.4 Å². The van der Waals surface area contributed by atoms with E-state index in [2.05, 4.69) is 4.98 Å². The first-order chi connectivity index (χ1) is 14.4. The Labute approximate surface area is 177 Å². The van der Waals surface area contributed by atoms with Gasteiger partial charge in [-0.3, -0.25) is 4.98 Å². The van der Waals surface area contributed by atoms with Crippen molar-refractivity contribution >= 4 is 26.4 Å². The minimum Gasteiger partial charge on any atom is -0.497 e. The van der Waals surface area contributed by atoms with Crippen molar-refractivity contribution in [2.75, 3.05) is 39.3 Å². The van der Waals surface area contributed by atoms with Gasteiger partial charge in [-0.25, -0.2) is 8.42 Å². The maximum Gasteiger partial charge on any atom is 0.210 e. The monoisotopic (exact) mass is 430 g/mol. The molecular formula is C22H26N2O5S. The summed E-state index contributed by atoms with van der Waals surface area (Å²) in [4.78, 5) is 6.77. The smallest absolute Gasteiger partial charge is 0.210 e. The van der Waals surface area contributed by atoms with Crippen LogP contribution >= 0.6 is 0 Å². The second kappa shape index (κ2) is 8.79. The van der Waals surface area contributed by atoms with Gasteiger partial charge in [-0.05, 0) is 44.2 Å². The summed E-state index contributed by atoms with van der Waals surface area (Å²) >= 11 is 0. The molecule has 0 aliphatic heterocycles. The van der Waals surface area contributed by atoms with Crippen molar-refractivity contribution < 1.29 is 22.6 Å². The minimum absolute atomic E-state index is 0.149. The molecule has 0 saturated carbocycles. The van der Waals surface area contributed by atoms with Crippen LogP contribution in [0.25, 0.3) is 10.9 Å². The van der Waals surface area contributed by atoms with Crippen LogP contribution < -0.4 is 19.1 Å². The third-order valence-electron chi connectivity index (χ3n) is 5.05. The zero-order valence-corrected chi connectivity index (χ0v) is 18.6. The minimum atomic E-state index is -3.82. The largest absolute Gasteiger partial charge is 0.497 e. The molecule has 0 N–H and O–H groups in total. The van der Waals surface area contributed by atoms with Crippen LogP contribution in [0.4, 0.5) is 5.69 Å². The van der Waals surface area contributed by atoms with Crippen molar-refractivity contribution in [2.45, 2.75) is 23.6 Å². The number of aromatic nitrogens is 1. The Morgan fingerprint density at radius 1 is 0.900 bits per heavy atom. The fourth-order valence-corrected chi connectivity index (χ4v) is 4.86. The molecule has 0 spiro atoms. The molecule has 0 aliphatic rings. The maximum atomic E-state index is 13.5. The molecule has 7 nitrogen and oxygen atoms in total. The van der Waals surface area contributed by atoms with Crippen LogP contribution in [-0.4, -0.2) is 47.8 Å². The number of hydrogen-bond donors (Lipinski definition) is 0. The molecular weight excluding hydrogens is 404 g/mol. The van der Waals surface area contributed by atoms with E-state index in [1.807, 2.05) is 18.7 Å². The van der Waals surface area contributed by atoms with Gasteiger partial charge in [0.2, 0.25) is 9.84 Å². The number of nitrogens with zero attached hydrogens (tertiary/aromatic N) is 2. The Bertz CT molecular complexity index is 1140. The molecule has 30 heavy (non-hydrogen) atoms. The Morgan fingerprint density at radius 2 is 1.50 bits per heavy atom. The standard InChI is InChI=1S/C22H26N2O5S/c1-6-24(7-2)22-17-12-19(28-4)20(29-5)13-18(17)23-14-21(22)30(25,26)16-10-8-15(27-3)9-11-16/h8-14H,6-7H2,1-5H3. The molecule has 0 saturated heterocycles. The highest BCUT2D eigenvalue weighted by Crippen LogP contribution is 2.40. The summed E-state index contributed by atoms with van der Waals surface area (Å²) in [6, 6.07) is 9.88. The summed E-state index contributed by atoms with van der Waals surface area (Å²) in [5.74, 6) is 1.64. The zero-order chi connectivity index (χ0) is 21.9. The van der Waals surface area contributed by atoms with Crippen LogP contribution in [0.5, 0.6) is 17.2 Å². The Balaban J connectivity index is 2.33. The number of fused-ring (bicyclic) bond motifs is 1. The lowest BCUT2D eigenvalue weighted by molar-refractivity contribution is 0.356. The number of methoxy groups -OCH3 is 3. The quantitative estimate of drug-likeness (QED) is 0.536. The molecule has 0 bridgehead atoms. The number of pyridine rings is 1. The summed E-state index contributed by atoms with van der Waals surface area (Å²) in [5, 5.41) is 0.686. The predicted molar refractivity (Wildman–Crippen MR) is 117 cm³/mol. The third-order valence-corrected chi connectivity index (χ3v) is 6.82. The fraction of sp³-hybridized carbons (Fsp3) is 0.318. The van der Waals surface area contributed by atoms with Crippen molar-refractivity contribution in [2.24, 2.45) is 0 Å². The van der Waals surface area contributed by atoms with Gasteiger partial charge >= 0.3 is 0 Å². The maximum absolute atomic E-state index is 13.5. The van der Waals surface area contributed by atoms with Gasteiger partial charge < -0.3 is 19.1 Å². The average molecular weight is 431 g/mol. The van der Waals surface area contributed by atoms with Crippen molar-refractivity contribution in [1.82, 2.24) is 4.98 Å². The van der Waals surface area contributed by atoms with Crippen molar-refractivity contribution in [3.63, 3.8) is 0 Å². The van der Waals surface area contributed by atoms with E-state index in [1.165, 1.54) is 13.3 Å². The molecule has 0 fully saturated rings. The highest BCUT2D eigenvalue weighted by Gasteiger charge is 2.27. The van der Waals surface area contributed by atoms with Crippen LogP contribution in [-0.2, 0) is 9.84 Å². The van der Waals surface area contributed by atoms with E-state index in [-0.39, 0.29) is 9.79 Å². The first-order valence-electron chi connectivity index (χ1n) is 9.60. The highest BCUT2D eigenvalue weighted by molar-refractivity contribution is 7.91. The number of benzene rings is 2. The zero-order valence-electron chi connectivity index (χ0n) is 17.8. The van der Waals surface area contributed by atoms with E-state index in [0.717, 1.165) is 0 Å². The Hall–Kier alpha value is -3.00. The first-order valence-corrected chi connectivity index (χ1v) is 11.1. The van der Waals surface area contributed by atoms with Gasteiger partial charge in [-0.2, -0.15) is 0 Å². The van der Waals surface area contributed by atoms with E-state index in [4.69, 9.17) is 14.2 Å². The normalized spacial score (nSPS) is 11.4. The van der Waals surface area contributed by atoms with Crippen molar-refractivity contribution in [3.8, 4) is 17.2 Å². The van der Waals surface area contributed by atoms with Crippen LogP contribution in [0.3, 0.4) is 0 Å². The predicted octanol–water partition coefficient (Wildman–Crippen LogP) is 3.94. The second-order valence-electron chi connectivity index (χ2n) is 6.55. The molecule has 8 heteroatoms. The number of anilines is 1. The molecule has 1 aromatic heterocycles. The molecule has 0 amide bonds. The highest BCUT2D eigenvalue weighted by atomic mass is 32.2. The van der Waals surface area contributed by atoms with E-state index >= 15 is 0 Å². The van der Waals surface area contributed by atoms with E-state index in [1.54, 1.807) is 50.6 Å². The number of sulfone groups is 1. The summed E-state index contributed by atoms with van der Waals surface area (Å²) in [5.41, 5.74) is 1.23. The molecule has 0 atom stereocenters. The second-order valence-corrected chi connectivity index (χ2v) is 8.46. The number of rotatable bonds is 8. The van der Waals surface area contributed by atoms with Crippen molar-refractivity contribution in [1.29, 1.82) is 0 Å². The molecule has 3 rings (SSSR count). The number of ether oxygens (including phenoxy) is 3. The summed E-state index contributed by atoms with van der Waals surface area (Å²) in [6.45, 7) is 5.24. The molecule has 2 aromatic carbocycles. The van der Waals surface area contributed by atoms with Crippen LogP contribution in [0.2, 0.25) is 0 Å². The van der Waals surface area contributed by atoms with Crippen LogP contribution in [0, 0.1) is 0 Å². The van der Waals surface area contributed by atoms with Crippen molar-refractivity contribution in [3.05, 3.63) is 42.6 Å². The summed E-state index contributed by atoms with van der Waals surface area (Å²) in [7, 11) is 0.821. The Morgan fingerprint density at radius 3 is 2.03 bits per heavy atom. The average Bonchev–Trinajstić information content (AvgIpc) is 2.78. The summed E-state index contributed by atoms with van der Waals surface area (Å²) in [6.07, 6.45) is 1.42. The molecule has 3 aromatic rings. The molecule has 160 valence electrons. The van der Waals surface area contributed by atoms with E-state index in [0.29, 0.717) is 46.9 Å². The lowest BCUT2D eigenvalue weighted by Gasteiger charge is -2.26. The Kier molecular flexibility index (Phi) is 6.36. The topological polar surface area (TPSA) is 78.0 Å². The summed E-state index contributed by atoms with van der Waals surface area (Å²) < 4.78 is 43.1.